The molecule has 4 aliphatic carbocycles. The van der Waals surface area contributed by atoms with E-state index < -0.39 is 8.32 Å². The molecule has 0 heterocycles. The number of rotatable bonds is 5. The van der Waals surface area contributed by atoms with Crippen LogP contribution in [-0.4, -0.2) is 14.6 Å². The SMILES string of the molecule is CC(C)(C)[Si](C)(C)Oc1ccc(CC=O)cc1C12CC3CC(CC(C3)C1)C2. The Morgan fingerprint density at radius 3 is 2.11 bits per heavy atom. The van der Waals surface area contributed by atoms with Gasteiger partial charge in [-0.25, -0.2) is 0 Å². The van der Waals surface area contributed by atoms with Gasteiger partial charge < -0.3 is 9.22 Å². The Morgan fingerprint density at radius 1 is 1.07 bits per heavy atom. The van der Waals surface area contributed by atoms with Gasteiger partial charge in [0.1, 0.15) is 12.0 Å². The van der Waals surface area contributed by atoms with Gasteiger partial charge in [-0.1, -0.05) is 32.9 Å². The monoisotopic (exact) mass is 384 g/mol. The molecule has 1 aromatic rings. The minimum Gasteiger partial charge on any atom is -0.543 e. The predicted octanol–water partition coefficient (Wildman–Crippen LogP) is 6.28. The molecule has 3 heteroatoms. The van der Waals surface area contributed by atoms with Gasteiger partial charge in [0, 0.05) is 6.42 Å². The summed E-state index contributed by atoms with van der Waals surface area (Å²) >= 11 is 0. The van der Waals surface area contributed by atoms with Crippen molar-refractivity contribution in [1.82, 2.24) is 0 Å². The van der Waals surface area contributed by atoms with Gasteiger partial charge >= 0.3 is 0 Å². The number of hydrogen-bond donors (Lipinski definition) is 0. The topological polar surface area (TPSA) is 26.3 Å². The van der Waals surface area contributed by atoms with Crippen molar-refractivity contribution in [3.05, 3.63) is 29.3 Å². The van der Waals surface area contributed by atoms with Crippen molar-refractivity contribution in [3.63, 3.8) is 0 Å². The van der Waals surface area contributed by atoms with Crippen LogP contribution in [0, 0.1) is 17.8 Å². The molecule has 0 spiro atoms. The first kappa shape index (κ1) is 19.2. The third kappa shape index (κ3) is 3.41. The van der Waals surface area contributed by atoms with Gasteiger partial charge in [0.2, 0.25) is 8.32 Å². The van der Waals surface area contributed by atoms with E-state index in [0.717, 1.165) is 35.4 Å². The van der Waals surface area contributed by atoms with Crippen LogP contribution in [0.3, 0.4) is 0 Å². The highest BCUT2D eigenvalue weighted by Crippen LogP contribution is 2.62. The lowest BCUT2D eigenvalue weighted by Crippen LogP contribution is -2.49. The first-order chi connectivity index (χ1) is 12.6. The molecule has 0 atom stereocenters. The van der Waals surface area contributed by atoms with Crippen molar-refractivity contribution in [2.75, 3.05) is 0 Å². The summed E-state index contributed by atoms with van der Waals surface area (Å²) in [4.78, 5) is 11.2. The van der Waals surface area contributed by atoms with E-state index in [0.29, 0.717) is 11.8 Å². The fraction of sp³-hybridized carbons (Fsp3) is 0.708. The molecule has 0 aromatic heterocycles. The molecule has 2 nitrogen and oxygen atoms in total. The predicted molar refractivity (Wildman–Crippen MR) is 114 cm³/mol. The molecule has 5 rings (SSSR count). The lowest BCUT2D eigenvalue weighted by Gasteiger charge is -2.57. The first-order valence-electron chi connectivity index (χ1n) is 10.9. The number of aldehydes is 1. The molecule has 0 radical (unpaired) electrons. The summed E-state index contributed by atoms with van der Waals surface area (Å²) in [5, 5.41) is 0.188. The molecule has 0 unspecified atom stereocenters. The van der Waals surface area contributed by atoms with Gasteiger partial charge in [-0.05, 0) is 97.0 Å². The van der Waals surface area contributed by atoms with Crippen LogP contribution in [-0.2, 0) is 16.6 Å². The maximum Gasteiger partial charge on any atom is 0.250 e. The van der Waals surface area contributed by atoms with Gasteiger partial charge in [0.15, 0.2) is 0 Å². The maximum atomic E-state index is 11.2. The highest BCUT2D eigenvalue weighted by Gasteiger charge is 2.53. The molecular formula is C24H36O2Si. The van der Waals surface area contributed by atoms with E-state index in [1.807, 2.05) is 0 Å². The summed E-state index contributed by atoms with van der Waals surface area (Å²) in [7, 11) is -1.90. The molecule has 1 aromatic carbocycles. The maximum absolute atomic E-state index is 11.2. The molecule has 0 N–H and O–H groups in total. The Morgan fingerprint density at radius 2 is 1.63 bits per heavy atom. The number of benzene rings is 1. The van der Waals surface area contributed by atoms with Crippen LogP contribution in [0.4, 0.5) is 0 Å². The van der Waals surface area contributed by atoms with E-state index in [4.69, 9.17) is 4.43 Å². The first-order valence-corrected chi connectivity index (χ1v) is 13.8. The number of carbonyl (C=O) groups excluding carboxylic acids is 1. The minimum absolute atomic E-state index is 0.188. The number of carbonyl (C=O) groups is 1. The minimum atomic E-state index is -1.90. The van der Waals surface area contributed by atoms with Crippen LogP contribution in [0.25, 0.3) is 0 Å². The van der Waals surface area contributed by atoms with Gasteiger partial charge in [0.05, 0.1) is 0 Å². The van der Waals surface area contributed by atoms with E-state index in [2.05, 4.69) is 52.1 Å². The van der Waals surface area contributed by atoms with Crippen molar-refractivity contribution < 1.29 is 9.22 Å². The number of hydrogen-bond acceptors (Lipinski definition) is 2. The molecule has 4 fully saturated rings. The molecule has 4 bridgehead atoms. The quantitative estimate of drug-likeness (QED) is 0.441. The van der Waals surface area contributed by atoms with Crippen LogP contribution in [0.15, 0.2) is 18.2 Å². The summed E-state index contributed by atoms with van der Waals surface area (Å²) in [6, 6.07) is 6.64. The second-order valence-corrected chi connectivity index (χ2v) is 16.0. The van der Waals surface area contributed by atoms with Gasteiger partial charge in [-0.3, -0.25) is 0 Å². The van der Waals surface area contributed by atoms with Crippen LogP contribution in [0.1, 0.15) is 70.4 Å². The summed E-state index contributed by atoms with van der Waals surface area (Å²) < 4.78 is 6.87. The summed E-state index contributed by atoms with van der Waals surface area (Å²) in [6.45, 7) is 11.6. The standard InChI is InChI=1S/C24H36O2Si/c1-23(2,3)27(4,5)26-22-7-6-17(8-9-25)13-21(22)24-14-18-10-19(15-24)12-20(11-18)16-24/h6-7,9,13,18-20H,8,10-12,14-16H2,1-5H3. The fourth-order valence-electron chi connectivity index (χ4n) is 6.17. The molecular weight excluding hydrogens is 348 g/mol. The van der Waals surface area contributed by atoms with Crippen molar-refractivity contribution in [1.29, 1.82) is 0 Å². The van der Waals surface area contributed by atoms with Gasteiger partial charge in [-0.2, -0.15) is 0 Å². The van der Waals surface area contributed by atoms with Crippen molar-refractivity contribution in [3.8, 4) is 5.75 Å². The Hall–Kier alpha value is -1.09. The fourth-order valence-corrected chi connectivity index (χ4v) is 7.21. The summed E-state index contributed by atoms with van der Waals surface area (Å²) in [5.74, 6) is 3.85. The molecule has 4 saturated carbocycles. The zero-order valence-corrected chi connectivity index (χ0v) is 18.8. The smallest absolute Gasteiger partial charge is 0.250 e. The second-order valence-electron chi connectivity index (χ2n) is 11.3. The Kier molecular flexibility index (Phi) is 4.61. The van der Waals surface area contributed by atoms with E-state index >= 15 is 0 Å². The van der Waals surface area contributed by atoms with Gasteiger partial charge in [-0.15, -0.1) is 0 Å². The van der Waals surface area contributed by atoms with Crippen LogP contribution >= 0.6 is 0 Å². The average molecular weight is 385 g/mol. The highest BCUT2D eigenvalue weighted by atomic mass is 28.4. The second kappa shape index (κ2) is 6.47. The highest BCUT2D eigenvalue weighted by molar-refractivity contribution is 6.74. The molecule has 0 aliphatic heterocycles. The average Bonchev–Trinajstić information content (AvgIpc) is 2.54. The van der Waals surface area contributed by atoms with Crippen molar-refractivity contribution in [2.24, 2.45) is 17.8 Å². The summed E-state index contributed by atoms with van der Waals surface area (Å²) in [6.07, 6.45) is 9.89. The normalized spacial score (nSPS) is 32.6. The lowest BCUT2D eigenvalue weighted by molar-refractivity contribution is -0.107. The van der Waals surface area contributed by atoms with E-state index in [9.17, 15) is 4.79 Å². The Bertz CT molecular complexity index is 693. The molecule has 4 aliphatic rings. The van der Waals surface area contributed by atoms with Crippen molar-refractivity contribution in [2.45, 2.75) is 89.3 Å². The Labute approximate surface area is 166 Å². The third-order valence-electron chi connectivity index (χ3n) is 8.14. The molecule has 27 heavy (non-hydrogen) atoms. The van der Waals surface area contributed by atoms with E-state index in [1.54, 1.807) is 0 Å². The third-order valence-corrected chi connectivity index (χ3v) is 12.5. The van der Waals surface area contributed by atoms with Crippen molar-refractivity contribution >= 4 is 14.6 Å². The molecule has 0 amide bonds. The summed E-state index contributed by atoms with van der Waals surface area (Å²) in [5.41, 5.74) is 2.88. The zero-order valence-electron chi connectivity index (χ0n) is 17.8. The van der Waals surface area contributed by atoms with Crippen LogP contribution in [0.2, 0.25) is 18.1 Å². The van der Waals surface area contributed by atoms with E-state index in [1.165, 1.54) is 44.1 Å². The van der Waals surface area contributed by atoms with E-state index in [-0.39, 0.29) is 5.04 Å². The van der Waals surface area contributed by atoms with Crippen LogP contribution < -0.4 is 4.43 Å². The largest absolute Gasteiger partial charge is 0.543 e. The molecule has 148 valence electrons. The lowest BCUT2D eigenvalue weighted by atomic mass is 9.48. The van der Waals surface area contributed by atoms with Gasteiger partial charge in [0.25, 0.3) is 0 Å². The Balaban J connectivity index is 1.76. The zero-order chi connectivity index (χ0) is 19.4. The van der Waals surface area contributed by atoms with Crippen LogP contribution in [0.5, 0.6) is 5.75 Å². The molecule has 0 saturated heterocycles.